The Bertz CT molecular complexity index is 1140. The molecule has 0 atom stereocenters. The van der Waals surface area contributed by atoms with Crippen LogP contribution in [-0.4, -0.2) is 54.1 Å². The summed E-state index contributed by atoms with van der Waals surface area (Å²) in [7, 11) is 2.99. The first-order valence-corrected chi connectivity index (χ1v) is 9.90. The summed E-state index contributed by atoms with van der Waals surface area (Å²) < 4.78 is 15.6. The van der Waals surface area contributed by atoms with E-state index >= 15 is 0 Å². The third-order valence-corrected chi connectivity index (χ3v) is 4.70. The Morgan fingerprint density at radius 2 is 1.97 bits per heavy atom. The van der Waals surface area contributed by atoms with E-state index in [1.807, 2.05) is 6.92 Å². The Hall–Kier alpha value is -3.86. The van der Waals surface area contributed by atoms with Gasteiger partial charge in [0.2, 0.25) is 5.91 Å². The minimum Gasteiger partial charge on any atom is -0.493 e. The second kappa shape index (κ2) is 10.4. The van der Waals surface area contributed by atoms with Gasteiger partial charge in [0, 0.05) is 6.07 Å². The van der Waals surface area contributed by atoms with Crippen molar-refractivity contribution in [2.24, 2.45) is 0 Å². The highest BCUT2D eigenvalue weighted by molar-refractivity contribution is 5.95. The molecule has 170 valence electrons. The topological polar surface area (TPSA) is 139 Å². The van der Waals surface area contributed by atoms with Gasteiger partial charge in [-0.3, -0.25) is 19.8 Å². The third-order valence-electron chi connectivity index (χ3n) is 4.70. The van der Waals surface area contributed by atoms with Crippen LogP contribution in [0.5, 0.6) is 11.5 Å². The van der Waals surface area contributed by atoms with Crippen molar-refractivity contribution in [3.05, 3.63) is 52.5 Å². The van der Waals surface area contributed by atoms with Crippen LogP contribution in [0, 0.1) is 0 Å². The molecule has 0 aliphatic carbocycles. The van der Waals surface area contributed by atoms with Crippen molar-refractivity contribution in [3.8, 4) is 11.5 Å². The highest BCUT2D eigenvalue weighted by atomic mass is 16.5. The number of hydrogen-bond acceptors (Lipinski definition) is 8. The molecular weight excluding hydrogens is 418 g/mol. The molecule has 0 fully saturated rings. The number of aromatic amines is 1. The highest BCUT2D eigenvalue weighted by Crippen LogP contribution is 2.29. The second-order valence-electron chi connectivity index (χ2n) is 6.85. The molecule has 0 saturated heterocycles. The van der Waals surface area contributed by atoms with Crippen molar-refractivity contribution in [2.45, 2.75) is 20.0 Å². The molecule has 0 spiro atoms. The molecule has 3 amide bonds. The van der Waals surface area contributed by atoms with Gasteiger partial charge in [-0.25, -0.2) is 9.78 Å². The van der Waals surface area contributed by atoms with Gasteiger partial charge in [-0.05, 0) is 24.7 Å². The molecule has 32 heavy (non-hydrogen) atoms. The van der Waals surface area contributed by atoms with Crippen LogP contribution in [0.15, 0.2) is 39.7 Å². The zero-order chi connectivity index (χ0) is 23.1. The van der Waals surface area contributed by atoms with E-state index in [-0.39, 0.29) is 25.2 Å². The van der Waals surface area contributed by atoms with E-state index in [0.717, 1.165) is 0 Å². The SMILES string of the molecule is CCN(CC(=O)NC(=O)NCc1ccco1)Cc1nc2cc(OC)c(OC)cc2c(=O)[nH]1. The van der Waals surface area contributed by atoms with Crippen LogP contribution in [0.3, 0.4) is 0 Å². The minimum atomic E-state index is -0.624. The first-order valence-electron chi connectivity index (χ1n) is 9.90. The molecule has 11 nitrogen and oxygen atoms in total. The average molecular weight is 443 g/mol. The molecule has 2 aromatic heterocycles. The fraction of sp³-hybridized carbons (Fsp3) is 0.333. The molecule has 0 aliphatic rings. The fourth-order valence-corrected chi connectivity index (χ4v) is 3.07. The summed E-state index contributed by atoms with van der Waals surface area (Å²) in [5.74, 6) is 1.35. The van der Waals surface area contributed by atoms with Crippen LogP contribution in [0.2, 0.25) is 0 Å². The molecule has 1 aromatic carbocycles. The van der Waals surface area contributed by atoms with Crippen molar-refractivity contribution in [1.29, 1.82) is 0 Å². The number of aromatic nitrogens is 2. The van der Waals surface area contributed by atoms with Crippen LogP contribution in [-0.2, 0) is 17.9 Å². The molecular formula is C21H25N5O6. The van der Waals surface area contributed by atoms with Crippen LogP contribution in [0.25, 0.3) is 10.9 Å². The lowest BCUT2D eigenvalue weighted by molar-refractivity contribution is -0.121. The number of rotatable bonds is 9. The van der Waals surface area contributed by atoms with E-state index in [0.29, 0.717) is 40.5 Å². The molecule has 0 radical (unpaired) electrons. The zero-order valence-corrected chi connectivity index (χ0v) is 18.1. The second-order valence-corrected chi connectivity index (χ2v) is 6.85. The van der Waals surface area contributed by atoms with E-state index in [1.54, 1.807) is 29.2 Å². The zero-order valence-electron chi connectivity index (χ0n) is 18.1. The summed E-state index contributed by atoms with van der Waals surface area (Å²) in [5.41, 5.74) is 0.114. The van der Waals surface area contributed by atoms with Crippen molar-refractivity contribution in [3.63, 3.8) is 0 Å². The van der Waals surface area contributed by atoms with E-state index in [9.17, 15) is 14.4 Å². The number of amides is 3. The number of methoxy groups -OCH3 is 2. The predicted octanol–water partition coefficient (Wildman–Crippen LogP) is 1.38. The Kier molecular flexibility index (Phi) is 7.45. The number of furan rings is 1. The van der Waals surface area contributed by atoms with Crippen molar-refractivity contribution in [2.75, 3.05) is 27.3 Å². The van der Waals surface area contributed by atoms with Crippen LogP contribution >= 0.6 is 0 Å². The van der Waals surface area contributed by atoms with Crippen LogP contribution < -0.4 is 25.7 Å². The molecule has 3 N–H and O–H groups in total. The summed E-state index contributed by atoms with van der Waals surface area (Å²) in [6.45, 7) is 2.67. The summed E-state index contributed by atoms with van der Waals surface area (Å²) in [5, 5.41) is 5.17. The van der Waals surface area contributed by atoms with Gasteiger partial charge in [0.15, 0.2) is 11.5 Å². The van der Waals surface area contributed by atoms with Gasteiger partial charge < -0.3 is 24.2 Å². The highest BCUT2D eigenvalue weighted by Gasteiger charge is 2.16. The lowest BCUT2D eigenvalue weighted by Gasteiger charge is -2.19. The maximum atomic E-state index is 12.5. The van der Waals surface area contributed by atoms with E-state index in [4.69, 9.17) is 13.9 Å². The number of carbonyl (C=O) groups is 2. The quantitative estimate of drug-likeness (QED) is 0.451. The molecule has 0 unspecified atom stereocenters. The van der Waals surface area contributed by atoms with Crippen molar-refractivity contribution in [1.82, 2.24) is 25.5 Å². The van der Waals surface area contributed by atoms with E-state index in [2.05, 4.69) is 20.6 Å². The fourth-order valence-electron chi connectivity index (χ4n) is 3.07. The normalized spacial score (nSPS) is 10.9. The first-order chi connectivity index (χ1) is 15.4. The summed E-state index contributed by atoms with van der Waals surface area (Å²) in [4.78, 5) is 45.6. The lowest BCUT2D eigenvalue weighted by Crippen LogP contribution is -2.44. The van der Waals surface area contributed by atoms with Gasteiger partial charge in [-0.15, -0.1) is 0 Å². The number of fused-ring (bicyclic) bond motifs is 1. The molecule has 3 rings (SSSR count). The summed E-state index contributed by atoms with van der Waals surface area (Å²) in [6.07, 6.45) is 1.50. The van der Waals surface area contributed by atoms with Crippen LogP contribution in [0.4, 0.5) is 4.79 Å². The number of imide groups is 1. The Morgan fingerprint density at radius 3 is 2.62 bits per heavy atom. The summed E-state index contributed by atoms with van der Waals surface area (Å²) >= 11 is 0. The Balaban J connectivity index is 1.64. The molecule has 11 heteroatoms. The number of carbonyl (C=O) groups excluding carboxylic acids is 2. The van der Waals surface area contributed by atoms with Gasteiger partial charge in [-0.2, -0.15) is 0 Å². The molecule has 0 saturated carbocycles. The van der Waals surface area contributed by atoms with Gasteiger partial charge >= 0.3 is 6.03 Å². The minimum absolute atomic E-state index is 0.0572. The molecule has 2 heterocycles. The average Bonchev–Trinajstić information content (AvgIpc) is 3.30. The van der Waals surface area contributed by atoms with Crippen molar-refractivity contribution < 1.29 is 23.5 Å². The number of ether oxygens (including phenoxy) is 2. The number of hydrogen-bond donors (Lipinski definition) is 3. The first kappa shape index (κ1) is 22.8. The Morgan fingerprint density at radius 1 is 1.22 bits per heavy atom. The molecule has 0 bridgehead atoms. The van der Waals surface area contributed by atoms with Crippen LogP contribution in [0.1, 0.15) is 18.5 Å². The molecule has 3 aromatic rings. The molecule has 0 aliphatic heterocycles. The van der Waals surface area contributed by atoms with E-state index in [1.165, 1.54) is 20.5 Å². The van der Waals surface area contributed by atoms with Gasteiger partial charge in [0.05, 0.1) is 51.0 Å². The number of urea groups is 1. The number of nitrogens with zero attached hydrogens (tertiary/aromatic N) is 2. The van der Waals surface area contributed by atoms with Crippen molar-refractivity contribution >= 4 is 22.8 Å². The largest absolute Gasteiger partial charge is 0.493 e. The van der Waals surface area contributed by atoms with E-state index < -0.39 is 11.9 Å². The van der Waals surface area contributed by atoms with Gasteiger partial charge in [0.1, 0.15) is 11.6 Å². The third kappa shape index (κ3) is 5.64. The number of nitrogens with one attached hydrogen (secondary N) is 3. The van der Waals surface area contributed by atoms with Gasteiger partial charge in [-0.1, -0.05) is 6.92 Å². The number of benzene rings is 1. The monoisotopic (exact) mass is 443 g/mol. The summed E-state index contributed by atoms with van der Waals surface area (Å²) in [6, 6.07) is 5.98. The maximum Gasteiger partial charge on any atom is 0.321 e. The maximum absolute atomic E-state index is 12.5. The predicted molar refractivity (Wildman–Crippen MR) is 116 cm³/mol. The lowest BCUT2D eigenvalue weighted by atomic mass is 10.2. The Labute approximate surface area is 183 Å². The number of H-pyrrole nitrogens is 1. The van der Waals surface area contributed by atoms with Gasteiger partial charge in [0.25, 0.3) is 5.56 Å². The standard InChI is InChI=1S/C21H25N5O6/c1-4-26(12-19(27)25-21(29)22-10-13-6-5-7-32-13)11-18-23-15-9-17(31-3)16(30-2)8-14(15)20(28)24-18/h5-9H,4,10-12H2,1-3H3,(H,23,24,28)(H2,22,25,27,29). The smallest absolute Gasteiger partial charge is 0.321 e. The number of likely N-dealkylation sites (N-methyl/N-ethyl adjacent to an activating group) is 1.